The molecule has 6 heteroatoms. The van der Waals surface area contributed by atoms with Crippen LogP contribution in [-0.4, -0.2) is 35.1 Å². The number of carbonyl (C=O) groups excluding carboxylic acids is 1. The van der Waals surface area contributed by atoms with Gasteiger partial charge in [0.15, 0.2) is 0 Å². The molecule has 0 aliphatic carbocycles. The second kappa shape index (κ2) is 5.22. The van der Waals surface area contributed by atoms with Crippen molar-refractivity contribution in [3.05, 3.63) is 24.5 Å². The van der Waals surface area contributed by atoms with Crippen molar-refractivity contribution in [2.24, 2.45) is 5.73 Å². The van der Waals surface area contributed by atoms with Gasteiger partial charge in [0.05, 0.1) is 18.3 Å². The van der Waals surface area contributed by atoms with Gasteiger partial charge >= 0.3 is 5.97 Å². The Balaban J connectivity index is 2.65. The summed E-state index contributed by atoms with van der Waals surface area (Å²) in [6, 6.07) is 2.22. The van der Waals surface area contributed by atoms with Crippen LogP contribution >= 0.6 is 0 Å². The number of nitrogens with two attached hydrogens (primary N) is 1. The molecule has 0 bridgehead atoms. The molecule has 1 rings (SSSR count). The highest BCUT2D eigenvalue weighted by Gasteiger charge is 2.19. The van der Waals surface area contributed by atoms with E-state index in [9.17, 15) is 9.59 Å². The third-order valence-corrected chi connectivity index (χ3v) is 2.12. The van der Waals surface area contributed by atoms with Crippen LogP contribution < -0.4 is 10.6 Å². The summed E-state index contributed by atoms with van der Waals surface area (Å²) in [6.45, 7) is 0. The van der Waals surface area contributed by atoms with E-state index in [4.69, 9.17) is 10.8 Å². The summed E-state index contributed by atoms with van der Waals surface area (Å²) in [5.41, 5.74) is 5.87. The molecular formula is C10H13N3O3. The predicted molar refractivity (Wildman–Crippen MR) is 57.9 cm³/mol. The maximum Gasteiger partial charge on any atom is 0.321 e. The molecule has 1 atom stereocenters. The number of anilines is 1. The highest BCUT2D eigenvalue weighted by molar-refractivity contribution is 5.95. The summed E-state index contributed by atoms with van der Waals surface area (Å²) in [5.74, 6) is -1.55. The van der Waals surface area contributed by atoms with Crippen LogP contribution in [0.4, 0.5) is 5.69 Å². The maximum atomic E-state index is 11.6. The SMILES string of the molecule is CN(C(=O)CC(N)C(=O)O)c1cccnc1. The molecular weight excluding hydrogens is 210 g/mol. The molecule has 6 nitrogen and oxygen atoms in total. The molecule has 0 saturated heterocycles. The van der Waals surface area contributed by atoms with Crippen molar-refractivity contribution in [3.63, 3.8) is 0 Å². The Hall–Kier alpha value is -1.95. The number of hydrogen-bond acceptors (Lipinski definition) is 4. The van der Waals surface area contributed by atoms with Gasteiger partial charge in [-0.1, -0.05) is 0 Å². The van der Waals surface area contributed by atoms with Gasteiger partial charge in [-0.2, -0.15) is 0 Å². The normalized spacial score (nSPS) is 11.9. The fourth-order valence-electron chi connectivity index (χ4n) is 1.11. The average Bonchev–Trinajstić information content (AvgIpc) is 2.28. The Morgan fingerprint density at radius 3 is 2.81 bits per heavy atom. The number of rotatable bonds is 4. The Kier molecular flexibility index (Phi) is 3.96. The van der Waals surface area contributed by atoms with Gasteiger partial charge in [-0.3, -0.25) is 14.6 Å². The van der Waals surface area contributed by atoms with Gasteiger partial charge in [0.25, 0.3) is 0 Å². The quantitative estimate of drug-likeness (QED) is 0.739. The van der Waals surface area contributed by atoms with Crippen LogP contribution in [-0.2, 0) is 9.59 Å². The van der Waals surface area contributed by atoms with Gasteiger partial charge in [0.2, 0.25) is 5.91 Å². The van der Waals surface area contributed by atoms with Crippen LogP contribution in [0, 0.1) is 0 Å². The Morgan fingerprint density at radius 2 is 2.31 bits per heavy atom. The lowest BCUT2D eigenvalue weighted by Gasteiger charge is -2.17. The number of aliphatic carboxylic acids is 1. The molecule has 0 aliphatic heterocycles. The zero-order valence-electron chi connectivity index (χ0n) is 8.83. The van der Waals surface area contributed by atoms with Crippen molar-refractivity contribution < 1.29 is 14.7 Å². The molecule has 86 valence electrons. The minimum Gasteiger partial charge on any atom is -0.480 e. The highest BCUT2D eigenvalue weighted by Crippen LogP contribution is 2.10. The predicted octanol–water partition coefficient (Wildman–Crippen LogP) is -0.154. The second-order valence-electron chi connectivity index (χ2n) is 3.31. The minimum atomic E-state index is -1.19. The fourth-order valence-corrected chi connectivity index (χ4v) is 1.11. The van der Waals surface area contributed by atoms with E-state index in [1.54, 1.807) is 25.4 Å². The molecule has 16 heavy (non-hydrogen) atoms. The van der Waals surface area contributed by atoms with Gasteiger partial charge in [0.1, 0.15) is 6.04 Å². The summed E-state index contributed by atoms with van der Waals surface area (Å²) in [6.07, 6.45) is 2.87. The molecule has 0 fully saturated rings. The van der Waals surface area contributed by atoms with Crippen LogP contribution in [0.1, 0.15) is 6.42 Å². The van der Waals surface area contributed by atoms with E-state index in [0.29, 0.717) is 5.69 Å². The van der Waals surface area contributed by atoms with Crippen LogP contribution in [0.25, 0.3) is 0 Å². The van der Waals surface area contributed by atoms with Gasteiger partial charge in [-0.15, -0.1) is 0 Å². The largest absolute Gasteiger partial charge is 0.480 e. The van der Waals surface area contributed by atoms with Crippen molar-refractivity contribution >= 4 is 17.6 Å². The maximum absolute atomic E-state index is 11.6. The Bertz CT molecular complexity index is 380. The van der Waals surface area contributed by atoms with Gasteiger partial charge in [-0.25, -0.2) is 0 Å². The first-order chi connectivity index (χ1) is 7.52. The summed E-state index contributed by atoms with van der Waals surface area (Å²) < 4.78 is 0. The number of carboxylic acids is 1. The summed E-state index contributed by atoms with van der Waals surface area (Å²) in [7, 11) is 1.55. The van der Waals surface area contributed by atoms with E-state index >= 15 is 0 Å². The average molecular weight is 223 g/mol. The van der Waals surface area contributed by atoms with Crippen molar-refractivity contribution in [1.29, 1.82) is 0 Å². The molecule has 0 aromatic carbocycles. The Labute approximate surface area is 92.7 Å². The topological polar surface area (TPSA) is 96.5 Å². The van der Waals surface area contributed by atoms with Crippen LogP contribution in [0.3, 0.4) is 0 Å². The standard InChI is InChI=1S/C10H13N3O3/c1-13(7-3-2-4-12-6-7)9(14)5-8(11)10(15)16/h2-4,6,8H,5,11H2,1H3,(H,15,16). The smallest absolute Gasteiger partial charge is 0.321 e. The zero-order chi connectivity index (χ0) is 12.1. The minimum absolute atomic E-state index is 0.235. The molecule has 1 unspecified atom stereocenters. The van der Waals surface area contributed by atoms with Crippen LogP contribution in [0.2, 0.25) is 0 Å². The number of aromatic nitrogens is 1. The van der Waals surface area contributed by atoms with Crippen molar-refractivity contribution in [3.8, 4) is 0 Å². The molecule has 1 aromatic rings. The molecule has 1 amide bonds. The lowest BCUT2D eigenvalue weighted by molar-refractivity contribution is -0.140. The zero-order valence-corrected chi connectivity index (χ0v) is 8.83. The second-order valence-corrected chi connectivity index (χ2v) is 3.31. The van der Waals surface area contributed by atoms with E-state index < -0.39 is 12.0 Å². The van der Waals surface area contributed by atoms with Crippen molar-refractivity contribution in [1.82, 2.24) is 4.98 Å². The molecule has 1 aromatic heterocycles. The van der Waals surface area contributed by atoms with E-state index in [2.05, 4.69) is 4.98 Å². The first-order valence-electron chi connectivity index (χ1n) is 4.67. The molecule has 0 aliphatic rings. The number of hydrogen-bond donors (Lipinski definition) is 2. The fraction of sp³-hybridized carbons (Fsp3) is 0.300. The third-order valence-electron chi connectivity index (χ3n) is 2.12. The van der Waals surface area contributed by atoms with Gasteiger partial charge in [0, 0.05) is 13.2 Å². The van der Waals surface area contributed by atoms with E-state index in [1.165, 1.54) is 11.1 Å². The first kappa shape index (κ1) is 12.1. The number of carbonyl (C=O) groups is 2. The number of amides is 1. The van der Waals surface area contributed by atoms with Crippen LogP contribution in [0.5, 0.6) is 0 Å². The lowest BCUT2D eigenvalue weighted by Crippen LogP contribution is -2.37. The number of pyridine rings is 1. The first-order valence-corrected chi connectivity index (χ1v) is 4.67. The number of nitrogens with zero attached hydrogens (tertiary/aromatic N) is 2. The monoisotopic (exact) mass is 223 g/mol. The Morgan fingerprint density at radius 1 is 1.62 bits per heavy atom. The molecule has 3 N–H and O–H groups in total. The third kappa shape index (κ3) is 3.03. The van der Waals surface area contributed by atoms with Crippen molar-refractivity contribution in [2.45, 2.75) is 12.5 Å². The van der Waals surface area contributed by atoms with E-state index in [-0.39, 0.29) is 12.3 Å². The highest BCUT2D eigenvalue weighted by atomic mass is 16.4. The molecule has 1 heterocycles. The lowest BCUT2D eigenvalue weighted by atomic mass is 10.2. The van der Waals surface area contributed by atoms with Crippen LogP contribution in [0.15, 0.2) is 24.5 Å². The molecule has 0 spiro atoms. The van der Waals surface area contributed by atoms with Gasteiger partial charge < -0.3 is 15.7 Å². The molecule has 0 radical (unpaired) electrons. The summed E-state index contributed by atoms with van der Waals surface area (Å²) in [5, 5.41) is 8.58. The van der Waals surface area contributed by atoms with Crippen molar-refractivity contribution in [2.75, 3.05) is 11.9 Å². The van der Waals surface area contributed by atoms with E-state index in [0.717, 1.165) is 0 Å². The summed E-state index contributed by atoms with van der Waals surface area (Å²) >= 11 is 0. The van der Waals surface area contributed by atoms with Gasteiger partial charge in [-0.05, 0) is 12.1 Å². The number of carboxylic acid groups (broad SMARTS) is 1. The molecule has 0 saturated carbocycles. The van der Waals surface area contributed by atoms with E-state index in [1.807, 2.05) is 0 Å². The summed E-state index contributed by atoms with van der Waals surface area (Å²) in [4.78, 5) is 27.3.